The van der Waals surface area contributed by atoms with E-state index in [2.05, 4.69) is 41.2 Å². The number of rotatable bonds is 13. The van der Waals surface area contributed by atoms with Crippen LogP contribution in [0.4, 0.5) is 0 Å². The first-order valence-corrected chi connectivity index (χ1v) is 12.3. The molecule has 1 heterocycles. The van der Waals surface area contributed by atoms with Gasteiger partial charge >= 0.3 is 0 Å². The van der Waals surface area contributed by atoms with Crippen LogP contribution in [0.25, 0.3) is 0 Å². The molecule has 1 aliphatic carbocycles. The minimum atomic E-state index is 0.359. The van der Waals surface area contributed by atoms with Crippen LogP contribution >= 0.6 is 0 Å². The summed E-state index contributed by atoms with van der Waals surface area (Å²) in [5.41, 5.74) is 0.359. The van der Waals surface area contributed by atoms with Crippen LogP contribution in [0.15, 0.2) is 4.99 Å². The lowest BCUT2D eigenvalue weighted by molar-refractivity contribution is 0.107. The summed E-state index contributed by atoms with van der Waals surface area (Å²) in [4.78, 5) is 10.1. The fourth-order valence-electron chi connectivity index (χ4n) is 4.63. The van der Waals surface area contributed by atoms with Crippen molar-refractivity contribution in [1.29, 1.82) is 0 Å². The molecule has 2 fully saturated rings. The molecule has 0 bridgehead atoms. The third-order valence-corrected chi connectivity index (χ3v) is 6.67. The van der Waals surface area contributed by atoms with Gasteiger partial charge in [-0.05, 0) is 64.5 Å². The van der Waals surface area contributed by atoms with Gasteiger partial charge in [0.15, 0.2) is 5.96 Å². The molecule has 1 saturated carbocycles. The van der Waals surface area contributed by atoms with E-state index < -0.39 is 0 Å². The van der Waals surface area contributed by atoms with Crippen LogP contribution in [-0.4, -0.2) is 87.9 Å². The van der Waals surface area contributed by atoms with Crippen LogP contribution in [0.2, 0.25) is 0 Å². The topological polar surface area (TPSA) is 52.1 Å². The van der Waals surface area contributed by atoms with Crippen LogP contribution < -0.4 is 10.6 Å². The molecule has 1 aliphatic heterocycles. The van der Waals surface area contributed by atoms with E-state index in [1.54, 1.807) is 0 Å². The molecular weight excluding hydrogens is 362 g/mol. The molecule has 29 heavy (non-hydrogen) atoms. The molecule has 2 N–H and O–H groups in total. The average molecular weight is 410 g/mol. The molecule has 0 aromatic carbocycles. The van der Waals surface area contributed by atoms with Gasteiger partial charge in [-0.25, -0.2) is 0 Å². The third kappa shape index (κ3) is 9.22. The summed E-state index contributed by atoms with van der Waals surface area (Å²) >= 11 is 0. The van der Waals surface area contributed by atoms with E-state index in [-0.39, 0.29) is 0 Å². The Balaban J connectivity index is 1.67. The molecule has 2 rings (SSSR count). The predicted octanol–water partition coefficient (Wildman–Crippen LogP) is 2.95. The molecule has 0 atom stereocenters. The van der Waals surface area contributed by atoms with Gasteiger partial charge in [0.2, 0.25) is 0 Å². The minimum Gasteiger partial charge on any atom is -0.382 e. The zero-order valence-corrected chi connectivity index (χ0v) is 19.5. The van der Waals surface area contributed by atoms with Crippen molar-refractivity contribution in [3.05, 3.63) is 0 Å². The first-order valence-electron chi connectivity index (χ1n) is 12.3. The fourth-order valence-corrected chi connectivity index (χ4v) is 4.63. The highest BCUT2D eigenvalue weighted by molar-refractivity contribution is 5.79. The maximum Gasteiger partial charge on any atom is 0.191 e. The second-order valence-corrected chi connectivity index (χ2v) is 8.76. The zero-order valence-electron chi connectivity index (χ0n) is 19.5. The van der Waals surface area contributed by atoms with E-state index in [4.69, 9.17) is 9.73 Å². The van der Waals surface area contributed by atoms with Crippen molar-refractivity contribution in [2.45, 2.75) is 65.7 Å². The SMILES string of the molecule is CCNC(=NCC1(CCOCC)CCCC1)NCCCCN1CCN(CC)CC1. The lowest BCUT2D eigenvalue weighted by Gasteiger charge is -2.34. The number of piperazine rings is 1. The van der Waals surface area contributed by atoms with E-state index in [1.807, 2.05) is 0 Å². The molecule has 1 saturated heterocycles. The van der Waals surface area contributed by atoms with Gasteiger partial charge in [-0.2, -0.15) is 0 Å². The van der Waals surface area contributed by atoms with Crippen molar-refractivity contribution in [2.75, 3.05) is 72.1 Å². The summed E-state index contributed by atoms with van der Waals surface area (Å²) in [5.74, 6) is 0.992. The lowest BCUT2D eigenvalue weighted by Crippen LogP contribution is -2.46. The quantitative estimate of drug-likeness (QED) is 0.278. The van der Waals surface area contributed by atoms with E-state index >= 15 is 0 Å². The molecule has 2 aliphatic rings. The van der Waals surface area contributed by atoms with Crippen LogP contribution in [0.1, 0.15) is 65.7 Å². The summed E-state index contributed by atoms with van der Waals surface area (Å²) in [5, 5.41) is 7.00. The largest absolute Gasteiger partial charge is 0.382 e. The molecule has 6 heteroatoms. The number of aliphatic imine (C=N–C) groups is 1. The molecule has 170 valence electrons. The highest BCUT2D eigenvalue weighted by Gasteiger charge is 2.33. The van der Waals surface area contributed by atoms with Gasteiger partial charge in [0, 0.05) is 59.0 Å². The number of likely N-dealkylation sites (N-methyl/N-ethyl adjacent to an activating group) is 1. The molecule has 0 aromatic heterocycles. The number of unbranched alkanes of at least 4 members (excludes halogenated alkanes) is 1. The Bertz CT molecular complexity index is 443. The summed E-state index contributed by atoms with van der Waals surface area (Å²) < 4.78 is 5.64. The van der Waals surface area contributed by atoms with Crippen molar-refractivity contribution in [2.24, 2.45) is 10.4 Å². The number of hydrogen-bond donors (Lipinski definition) is 2. The normalized spacial score (nSPS) is 20.9. The van der Waals surface area contributed by atoms with Gasteiger partial charge in [-0.3, -0.25) is 4.99 Å². The van der Waals surface area contributed by atoms with Gasteiger partial charge in [0.05, 0.1) is 0 Å². The van der Waals surface area contributed by atoms with Crippen molar-refractivity contribution >= 4 is 5.96 Å². The summed E-state index contributed by atoms with van der Waals surface area (Å²) in [7, 11) is 0. The summed E-state index contributed by atoms with van der Waals surface area (Å²) in [6.45, 7) is 18.4. The Labute approximate surface area is 179 Å². The zero-order chi connectivity index (χ0) is 20.8. The van der Waals surface area contributed by atoms with Crippen molar-refractivity contribution in [3.8, 4) is 0 Å². The summed E-state index contributed by atoms with van der Waals surface area (Å²) in [6.07, 6.45) is 8.90. The Hall–Kier alpha value is -0.850. The van der Waals surface area contributed by atoms with E-state index in [0.29, 0.717) is 5.41 Å². The fraction of sp³-hybridized carbons (Fsp3) is 0.957. The third-order valence-electron chi connectivity index (χ3n) is 6.67. The second kappa shape index (κ2) is 14.2. The Kier molecular flexibility index (Phi) is 12.0. The van der Waals surface area contributed by atoms with E-state index in [1.165, 1.54) is 77.8 Å². The number of nitrogens with zero attached hydrogens (tertiary/aromatic N) is 3. The molecule has 6 nitrogen and oxygen atoms in total. The van der Waals surface area contributed by atoms with Crippen LogP contribution in [0.5, 0.6) is 0 Å². The van der Waals surface area contributed by atoms with Crippen molar-refractivity contribution in [3.63, 3.8) is 0 Å². The highest BCUT2D eigenvalue weighted by Crippen LogP contribution is 2.41. The first-order chi connectivity index (χ1) is 14.2. The van der Waals surface area contributed by atoms with Gasteiger partial charge in [-0.1, -0.05) is 19.8 Å². The van der Waals surface area contributed by atoms with Gasteiger partial charge in [-0.15, -0.1) is 0 Å². The van der Waals surface area contributed by atoms with Crippen LogP contribution in [0.3, 0.4) is 0 Å². The maximum atomic E-state index is 5.64. The smallest absolute Gasteiger partial charge is 0.191 e. The van der Waals surface area contributed by atoms with Crippen LogP contribution in [-0.2, 0) is 4.74 Å². The second-order valence-electron chi connectivity index (χ2n) is 8.76. The average Bonchev–Trinajstić information content (AvgIpc) is 3.21. The van der Waals surface area contributed by atoms with Gasteiger partial charge < -0.3 is 25.2 Å². The van der Waals surface area contributed by atoms with Crippen molar-refractivity contribution in [1.82, 2.24) is 20.4 Å². The molecule has 0 spiro atoms. The van der Waals surface area contributed by atoms with Crippen molar-refractivity contribution < 1.29 is 4.74 Å². The predicted molar refractivity (Wildman–Crippen MR) is 124 cm³/mol. The number of hydrogen-bond acceptors (Lipinski definition) is 4. The Morgan fingerprint density at radius 2 is 1.69 bits per heavy atom. The number of guanidine groups is 1. The Morgan fingerprint density at radius 1 is 0.966 bits per heavy atom. The van der Waals surface area contributed by atoms with Gasteiger partial charge in [0.25, 0.3) is 0 Å². The molecule has 0 unspecified atom stereocenters. The monoisotopic (exact) mass is 409 g/mol. The lowest BCUT2D eigenvalue weighted by atomic mass is 9.83. The molecule has 0 radical (unpaired) electrons. The van der Waals surface area contributed by atoms with Gasteiger partial charge in [0.1, 0.15) is 0 Å². The molecular formula is C23H47N5O. The van der Waals surface area contributed by atoms with E-state index in [0.717, 1.165) is 45.2 Å². The number of ether oxygens (including phenoxy) is 1. The molecule has 0 aromatic rings. The number of nitrogens with one attached hydrogen (secondary N) is 2. The maximum absolute atomic E-state index is 5.64. The first kappa shape index (κ1) is 24.4. The minimum absolute atomic E-state index is 0.359. The standard InChI is InChI=1S/C23H47N5O/c1-4-24-22(26-21-23(11-7-8-12-23)13-20-29-6-3)25-14-9-10-15-28-18-16-27(5-2)17-19-28/h4-21H2,1-3H3,(H2,24,25,26). The highest BCUT2D eigenvalue weighted by atomic mass is 16.5. The van der Waals surface area contributed by atoms with Crippen LogP contribution in [0, 0.1) is 5.41 Å². The summed E-state index contributed by atoms with van der Waals surface area (Å²) in [6, 6.07) is 0. The Morgan fingerprint density at radius 3 is 2.34 bits per heavy atom. The molecule has 0 amide bonds. The van der Waals surface area contributed by atoms with E-state index in [9.17, 15) is 0 Å².